The first kappa shape index (κ1) is 22.0. The number of nitrogens with zero attached hydrogens (tertiary/aromatic N) is 2. The van der Waals surface area contributed by atoms with Gasteiger partial charge in [0.15, 0.2) is 17.5 Å². The van der Waals surface area contributed by atoms with E-state index in [-0.39, 0.29) is 24.0 Å². The molecule has 0 aromatic heterocycles. The van der Waals surface area contributed by atoms with Gasteiger partial charge in [0.1, 0.15) is 0 Å². The summed E-state index contributed by atoms with van der Waals surface area (Å²) < 4.78 is 10.5. The Morgan fingerprint density at radius 3 is 2.19 bits per heavy atom. The summed E-state index contributed by atoms with van der Waals surface area (Å²) in [6.45, 7) is 1.45. The summed E-state index contributed by atoms with van der Waals surface area (Å²) >= 11 is 0. The third-order valence-electron chi connectivity index (χ3n) is 3.61. The highest BCUT2D eigenvalue weighted by Crippen LogP contribution is 2.29. The number of halogens is 1. The molecule has 2 aromatic rings. The van der Waals surface area contributed by atoms with Gasteiger partial charge in [0.25, 0.3) is 0 Å². The molecule has 142 valence electrons. The van der Waals surface area contributed by atoms with Gasteiger partial charge in [0.2, 0.25) is 0 Å². The summed E-state index contributed by atoms with van der Waals surface area (Å²) in [5.41, 5.74) is 9.15. The topological polar surface area (TPSA) is 72.1 Å². The van der Waals surface area contributed by atoms with Crippen LogP contribution < -0.4 is 20.5 Å². The highest BCUT2D eigenvalue weighted by atomic mass is 127. The van der Waals surface area contributed by atoms with Crippen LogP contribution in [0.15, 0.2) is 47.5 Å². The second-order valence-electron chi connectivity index (χ2n) is 5.95. The van der Waals surface area contributed by atoms with Crippen LogP contribution in [0.4, 0.5) is 5.69 Å². The quantitative estimate of drug-likeness (QED) is 0.369. The zero-order valence-corrected chi connectivity index (χ0v) is 18.0. The van der Waals surface area contributed by atoms with Crippen molar-refractivity contribution in [2.24, 2.45) is 10.7 Å². The standard InChI is InChI=1S/C19H26N4O2.HI/c1-23(2)13-15-7-5-14(6-8-15)12-21-19(20)22-16-9-10-17(24-3)18(11-16)25-4;/h5-11H,12-13H2,1-4H3,(H3,20,21,22);1H. The first-order valence-corrected chi connectivity index (χ1v) is 8.03. The molecule has 0 radical (unpaired) electrons. The average molecular weight is 470 g/mol. The van der Waals surface area contributed by atoms with Gasteiger partial charge in [-0.3, -0.25) is 0 Å². The minimum atomic E-state index is 0. The van der Waals surface area contributed by atoms with Crippen LogP contribution in [0.1, 0.15) is 11.1 Å². The zero-order chi connectivity index (χ0) is 18.2. The Morgan fingerprint density at radius 1 is 1.00 bits per heavy atom. The minimum Gasteiger partial charge on any atom is -0.493 e. The Labute approximate surface area is 172 Å². The number of hydrogen-bond donors (Lipinski definition) is 2. The van der Waals surface area contributed by atoms with E-state index in [1.165, 1.54) is 5.56 Å². The van der Waals surface area contributed by atoms with Gasteiger partial charge in [-0.05, 0) is 37.4 Å². The number of methoxy groups -OCH3 is 2. The van der Waals surface area contributed by atoms with Crippen LogP contribution in [-0.4, -0.2) is 39.2 Å². The zero-order valence-electron chi connectivity index (χ0n) is 15.7. The first-order chi connectivity index (χ1) is 12.0. The van der Waals surface area contributed by atoms with Crippen molar-refractivity contribution in [3.05, 3.63) is 53.6 Å². The van der Waals surface area contributed by atoms with Crippen LogP contribution in [-0.2, 0) is 13.1 Å². The number of benzene rings is 2. The number of rotatable bonds is 7. The maximum atomic E-state index is 5.97. The van der Waals surface area contributed by atoms with E-state index in [9.17, 15) is 0 Å². The lowest BCUT2D eigenvalue weighted by atomic mass is 10.1. The predicted molar refractivity (Wildman–Crippen MR) is 118 cm³/mol. The average Bonchev–Trinajstić information content (AvgIpc) is 2.60. The lowest BCUT2D eigenvalue weighted by Crippen LogP contribution is -2.22. The van der Waals surface area contributed by atoms with Crippen LogP contribution in [0, 0.1) is 0 Å². The Morgan fingerprint density at radius 2 is 1.62 bits per heavy atom. The molecule has 0 aliphatic carbocycles. The van der Waals surface area contributed by atoms with E-state index in [2.05, 4.69) is 53.6 Å². The number of ether oxygens (including phenoxy) is 2. The molecule has 0 saturated carbocycles. The van der Waals surface area contributed by atoms with Crippen molar-refractivity contribution in [1.82, 2.24) is 4.90 Å². The summed E-state index contributed by atoms with van der Waals surface area (Å²) in [5, 5.41) is 3.06. The third kappa shape index (κ3) is 6.72. The Kier molecular flexibility index (Phi) is 9.22. The number of nitrogens with one attached hydrogen (secondary N) is 1. The van der Waals surface area contributed by atoms with Crippen molar-refractivity contribution in [1.29, 1.82) is 0 Å². The van der Waals surface area contributed by atoms with Crippen molar-refractivity contribution in [2.45, 2.75) is 13.1 Å². The number of nitrogens with two attached hydrogens (primary N) is 1. The molecule has 7 heteroatoms. The van der Waals surface area contributed by atoms with Crippen molar-refractivity contribution in [3.63, 3.8) is 0 Å². The molecule has 0 bridgehead atoms. The van der Waals surface area contributed by atoms with Gasteiger partial charge in [-0.15, -0.1) is 24.0 Å². The van der Waals surface area contributed by atoms with Gasteiger partial charge < -0.3 is 25.4 Å². The first-order valence-electron chi connectivity index (χ1n) is 8.03. The molecule has 0 heterocycles. The normalized spacial score (nSPS) is 11.0. The monoisotopic (exact) mass is 470 g/mol. The van der Waals surface area contributed by atoms with Crippen molar-refractivity contribution in [3.8, 4) is 11.5 Å². The molecule has 2 aromatic carbocycles. The second kappa shape index (κ2) is 10.9. The summed E-state index contributed by atoms with van der Waals surface area (Å²) in [5.74, 6) is 1.66. The molecule has 0 fully saturated rings. The number of aliphatic imine (C=N–C) groups is 1. The molecule has 0 spiro atoms. The largest absolute Gasteiger partial charge is 0.493 e. The molecule has 0 amide bonds. The van der Waals surface area contributed by atoms with Crippen LogP contribution in [0.25, 0.3) is 0 Å². The Hall–Kier alpha value is -2.00. The van der Waals surface area contributed by atoms with Crippen LogP contribution in [0.2, 0.25) is 0 Å². The van der Waals surface area contributed by atoms with E-state index in [0.717, 1.165) is 17.8 Å². The van der Waals surface area contributed by atoms with E-state index in [0.29, 0.717) is 24.0 Å². The maximum Gasteiger partial charge on any atom is 0.193 e. The summed E-state index contributed by atoms with van der Waals surface area (Å²) in [4.78, 5) is 6.52. The van der Waals surface area contributed by atoms with Gasteiger partial charge in [-0.1, -0.05) is 24.3 Å². The molecule has 26 heavy (non-hydrogen) atoms. The fourth-order valence-electron chi connectivity index (χ4n) is 2.39. The maximum absolute atomic E-state index is 5.97. The molecule has 0 atom stereocenters. The summed E-state index contributed by atoms with van der Waals surface area (Å²) in [6.07, 6.45) is 0. The van der Waals surface area contributed by atoms with Gasteiger partial charge in [-0.2, -0.15) is 0 Å². The number of anilines is 1. The van der Waals surface area contributed by atoms with Crippen molar-refractivity contribution in [2.75, 3.05) is 33.6 Å². The number of guanidine groups is 1. The highest BCUT2D eigenvalue weighted by Gasteiger charge is 2.05. The van der Waals surface area contributed by atoms with Crippen molar-refractivity contribution >= 4 is 35.6 Å². The van der Waals surface area contributed by atoms with E-state index < -0.39 is 0 Å². The predicted octanol–water partition coefficient (Wildman–Crippen LogP) is 3.31. The fraction of sp³-hybridized carbons (Fsp3) is 0.316. The fourth-order valence-corrected chi connectivity index (χ4v) is 2.39. The molecular formula is C19H27IN4O2. The molecule has 2 rings (SSSR count). The smallest absolute Gasteiger partial charge is 0.193 e. The molecule has 0 aliphatic rings. The van der Waals surface area contributed by atoms with Crippen LogP contribution >= 0.6 is 24.0 Å². The van der Waals surface area contributed by atoms with E-state index in [1.807, 2.05) is 18.2 Å². The van der Waals surface area contributed by atoms with Gasteiger partial charge >= 0.3 is 0 Å². The SMILES string of the molecule is COc1ccc(NC(N)=NCc2ccc(CN(C)C)cc2)cc1OC.I. The number of hydrogen-bond acceptors (Lipinski definition) is 4. The molecular weight excluding hydrogens is 443 g/mol. The molecule has 0 unspecified atom stereocenters. The van der Waals surface area contributed by atoms with Gasteiger partial charge in [0, 0.05) is 18.3 Å². The van der Waals surface area contributed by atoms with Gasteiger partial charge in [0.05, 0.1) is 20.8 Å². The Balaban J connectivity index is 0.00000338. The van der Waals surface area contributed by atoms with E-state index in [1.54, 1.807) is 14.2 Å². The highest BCUT2D eigenvalue weighted by molar-refractivity contribution is 14.0. The molecule has 6 nitrogen and oxygen atoms in total. The van der Waals surface area contributed by atoms with Crippen molar-refractivity contribution < 1.29 is 9.47 Å². The third-order valence-corrected chi connectivity index (χ3v) is 3.61. The molecule has 0 aliphatic heterocycles. The van der Waals surface area contributed by atoms with E-state index >= 15 is 0 Å². The van der Waals surface area contributed by atoms with Gasteiger partial charge in [-0.25, -0.2) is 4.99 Å². The van der Waals surface area contributed by atoms with Crippen LogP contribution in [0.3, 0.4) is 0 Å². The summed E-state index contributed by atoms with van der Waals surface area (Å²) in [6, 6.07) is 13.9. The van der Waals surface area contributed by atoms with Crippen LogP contribution in [0.5, 0.6) is 11.5 Å². The van der Waals surface area contributed by atoms with E-state index in [4.69, 9.17) is 15.2 Å². The lowest BCUT2D eigenvalue weighted by molar-refractivity contribution is 0.355. The summed E-state index contributed by atoms with van der Waals surface area (Å²) in [7, 11) is 7.31. The molecule has 0 saturated heterocycles. The minimum absolute atomic E-state index is 0. The Bertz CT molecular complexity index is 718. The molecule has 3 N–H and O–H groups in total. The lowest BCUT2D eigenvalue weighted by Gasteiger charge is -2.11. The second-order valence-corrected chi connectivity index (χ2v) is 5.95.